The Morgan fingerprint density at radius 2 is 1.26 bits per heavy atom. The first-order valence-corrected chi connectivity index (χ1v) is 9.30. The maximum Gasteiger partial charge on any atom is 0.407 e. The van der Waals surface area contributed by atoms with Crippen LogP contribution in [0.2, 0.25) is 0 Å². The van der Waals surface area contributed by atoms with Gasteiger partial charge in [-0.25, -0.2) is 4.79 Å². The van der Waals surface area contributed by atoms with Crippen molar-refractivity contribution in [2.45, 2.75) is 59.4 Å². The van der Waals surface area contributed by atoms with Crippen LogP contribution in [0.1, 0.15) is 49.9 Å². The van der Waals surface area contributed by atoms with E-state index in [-0.39, 0.29) is 6.09 Å². The first kappa shape index (κ1) is 22.7. The highest BCUT2D eigenvalue weighted by Gasteiger charge is 2.15. The molecule has 0 aliphatic carbocycles. The van der Waals surface area contributed by atoms with Gasteiger partial charge in [0.05, 0.1) is 0 Å². The molecule has 0 spiro atoms. The fourth-order valence-electron chi connectivity index (χ4n) is 2.19. The molecule has 5 heteroatoms. The summed E-state index contributed by atoms with van der Waals surface area (Å²) in [4.78, 5) is 11.4. The van der Waals surface area contributed by atoms with Crippen molar-refractivity contribution in [3.05, 3.63) is 70.8 Å². The summed E-state index contributed by atoms with van der Waals surface area (Å²) in [5.74, 6) is 0. The number of ether oxygens (including phenoxy) is 1. The topological polar surface area (TPSA) is 90.4 Å². The Balaban J connectivity index is 0.000000309. The van der Waals surface area contributed by atoms with Gasteiger partial charge in [-0.3, -0.25) is 0 Å². The van der Waals surface area contributed by atoms with Crippen LogP contribution < -0.4 is 16.8 Å². The van der Waals surface area contributed by atoms with Crippen molar-refractivity contribution in [3.63, 3.8) is 0 Å². The fourth-order valence-corrected chi connectivity index (χ4v) is 2.19. The molecule has 0 atom stereocenters. The second kappa shape index (κ2) is 11.4. The van der Waals surface area contributed by atoms with Crippen molar-refractivity contribution in [1.29, 1.82) is 0 Å². The Kier molecular flexibility index (Phi) is 9.54. The number of benzene rings is 2. The molecule has 5 nitrogen and oxygen atoms in total. The summed E-state index contributed by atoms with van der Waals surface area (Å²) in [5, 5.41) is 2.73. The molecule has 2 aromatic carbocycles. The average molecular weight is 372 g/mol. The quantitative estimate of drug-likeness (QED) is 0.744. The van der Waals surface area contributed by atoms with Gasteiger partial charge in [-0.15, -0.1) is 0 Å². The van der Waals surface area contributed by atoms with Crippen LogP contribution >= 0.6 is 0 Å². The number of rotatable bonds is 5. The molecular formula is C22H33N3O2. The molecule has 148 valence electrons. The molecule has 0 saturated heterocycles. The van der Waals surface area contributed by atoms with Crippen molar-refractivity contribution < 1.29 is 9.53 Å². The van der Waals surface area contributed by atoms with Gasteiger partial charge in [-0.1, -0.05) is 55.5 Å². The van der Waals surface area contributed by atoms with E-state index in [1.807, 2.05) is 57.2 Å². The van der Waals surface area contributed by atoms with E-state index in [1.54, 1.807) is 0 Å². The molecule has 2 rings (SSSR count). The first-order valence-electron chi connectivity index (χ1n) is 9.30. The van der Waals surface area contributed by atoms with Crippen LogP contribution in [-0.4, -0.2) is 11.7 Å². The van der Waals surface area contributed by atoms with Crippen LogP contribution in [0.15, 0.2) is 48.5 Å². The van der Waals surface area contributed by atoms with E-state index in [2.05, 4.69) is 24.4 Å². The molecule has 0 bridgehead atoms. The van der Waals surface area contributed by atoms with E-state index in [0.29, 0.717) is 19.6 Å². The van der Waals surface area contributed by atoms with Crippen molar-refractivity contribution >= 4 is 6.09 Å². The average Bonchev–Trinajstić information content (AvgIpc) is 2.66. The highest BCUT2D eigenvalue weighted by Crippen LogP contribution is 2.08. The van der Waals surface area contributed by atoms with E-state index >= 15 is 0 Å². The standard InChI is InChI=1S/C14H21NO2.C8H12N2/c1-5-11-6-8-12(9-7-11)10-15-13(16)17-14(2,3)4;9-5-7-1-2-8(6-10)4-3-7/h6-9H,5,10H2,1-4H3,(H,15,16);1-4H,5-6,9-10H2. The Bertz CT molecular complexity index is 651. The van der Waals surface area contributed by atoms with Crippen LogP contribution in [0.4, 0.5) is 4.79 Å². The van der Waals surface area contributed by atoms with Crippen LogP contribution in [0.25, 0.3) is 0 Å². The molecule has 0 radical (unpaired) electrons. The van der Waals surface area contributed by atoms with Gasteiger partial charge in [0, 0.05) is 19.6 Å². The molecule has 0 saturated carbocycles. The Morgan fingerprint density at radius 3 is 1.63 bits per heavy atom. The SMILES string of the molecule is CCc1ccc(CNC(=O)OC(C)(C)C)cc1.NCc1ccc(CN)cc1. The lowest BCUT2D eigenvalue weighted by atomic mass is 10.1. The minimum absolute atomic E-state index is 0.378. The molecule has 0 fully saturated rings. The predicted octanol–water partition coefficient (Wildman–Crippen LogP) is 3.88. The molecule has 5 N–H and O–H groups in total. The summed E-state index contributed by atoms with van der Waals surface area (Å²) in [6, 6.07) is 16.2. The summed E-state index contributed by atoms with van der Waals surface area (Å²) >= 11 is 0. The van der Waals surface area contributed by atoms with E-state index in [9.17, 15) is 4.79 Å². The smallest absolute Gasteiger partial charge is 0.407 e. The van der Waals surface area contributed by atoms with Crippen molar-refractivity contribution in [3.8, 4) is 0 Å². The van der Waals surface area contributed by atoms with Gasteiger partial charge in [0.15, 0.2) is 0 Å². The molecular weight excluding hydrogens is 338 g/mol. The minimum Gasteiger partial charge on any atom is -0.444 e. The Labute approximate surface area is 163 Å². The van der Waals surface area contributed by atoms with Crippen molar-refractivity contribution in [2.75, 3.05) is 0 Å². The minimum atomic E-state index is -0.448. The summed E-state index contributed by atoms with van der Waals surface area (Å²) in [5.41, 5.74) is 15.0. The van der Waals surface area contributed by atoms with Crippen molar-refractivity contribution in [2.24, 2.45) is 11.5 Å². The number of carbonyl (C=O) groups is 1. The van der Waals surface area contributed by atoms with Gasteiger partial charge >= 0.3 is 6.09 Å². The highest BCUT2D eigenvalue weighted by atomic mass is 16.6. The zero-order valence-corrected chi connectivity index (χ0v) is 16.9. The van der Waals surface area contributed by atoms with Gasteiger partial charge in [0.2, 0.25) is 0 Å². The van der Waals surface area contributed by atoms with Gasteiger partial charge in [-0.05, 0) is 49.4 Å². The predicted molar refractivity (Wildman–Crippen MR) is 111 cm³/mol. The van der Waals surface area contributed by atoms with Gasteiger partial charge in [0.25, 0.3) is 0 Å². The lowest BCUT2D eigenvalue weighted by Gasteiger charge is -2.19. The number of nitrogens with two attached hydrogens (primary N) is 2. The Morgan fingerprint density at radius 1 is 0.852 bits per heavy atom. The molecule has 0 heterocycles. The third-order valence-electron chi connectivity index (χ3n) is 3.76. The lowest BCUT2D eigenvalue weighted by molar-refractivity contribution is 0.0523. The lowest BCUT2D eigenvalue weighted by Crippen LogP contribution is -2.32. The second-order valence-corrected chi connectivity index (χ2v) is 7.25. The first-order chi connectivity index (χ1) is 12.8. The molecule has 27 heavy (non-hydrogen) atoms. The van der Waals surface area contributed by atoms with E-state index in [4.69, 9.17) is 16.2 Å². The summed E-state index contributed by atoms with van der Waals surface area (Å²) < 4.78 is 5.15. The number of aryl methyl sites for hydroxylation is 1. The number of alkyl carbamates (subject to hydrolysis) is 1. The molecule has 0 aliphatic heterocycles. The number of carbonyl (C=O) groups excluding carboxylic acids is 1. The van der Waals surface area contributed by atoms with Crippen LogP contribution in [-0.2, 0) is 30.8 Å². The van der Waals surface area contributed by atoms with E-state index in [1.165, 1.54) is 5.56 Å². The molecule has 1 amide bonds. The van der Waals surface area contributed by atoms with Gasteiger partial charge in [0.1, 0.15) is 5.60 Å². The van der Waals surface area contributed by atoms with Crippen molar-refractivity contribution in [1.82, 2.24) is 5.32 Å². The maximum absolute atomic E-state index is 11.4. The molecule has 2 aromatic rings. The number of amides is 1. The summed E-state index contributed by atoms with van der Waals surface area (Å²) in [6.07, 6.45) is 0.650. The number of nitrogens with one attached hydrogen (secondary N) is 1. The summed E-state index contributed by atoms with van der Waals surface area (Å²) in [6.45, 7) is 9.37. The highest BCUT2D eigenvalue weighted by molar-refractivity contribution is 5.67. The summed E-state index contributed by atoms with van der Waals surface area (Å²) in [7, 11) is 0. The fraction of sp³-hybridized carbons (Fsp3) is 0.409. The monoisotopic (exact) mass is 371 g/mol. The number of hydrogen-bond acceptors (Lipinski definition) is 4. The molecule has 0 unspecified atom stereocenters. The van der Waals surface area contributed by atoms with E-state index < -0.39 is 5.60 Å². The van der Waals surface area contributed by atoms with Gasteiger partial charge in [-0.2, -0.15) is 0 Å². The van der Waals surface area contributed by atoms with Crippen LogP contribution in [0, 0.1) is 0 Å². The van der Waals surface area contributed by atoms with E-state index in [0.717, 1.165) is 23.1 Å². The van der Waals surface area contributed by atoms with Crippen LogP contribution in [0.3, 0.4) is 0 Å². The van der Waals surface area contributed by atoms with Crippen LogP contribution in [0.5, 0.6) is 0 Å². The normalized spacial score (nSPS) is 10.6. The molecule has 0 aromatic heterocycles. The Hall–Kier alpha value is -2.37. The van der Waals surface area contributed by atoms with Gasteiger partial charge < -0.3 is 21.5 Å². The number of hydrogen-bond donors (Lipinski definition) is 3. The zero-order valence-electron chi connectivity index (χ0n) is 16.9. The third-order valence-corrected chi connectivity index (χ3v) is 3.76. The molecule has 0 aliphatic rings. The maximum atomic E-state index is 11.4. The second-order valence-electron chi connectivity index (χ2n) is 7.25. The third kappa shape index (κ3) is 9.78. The zero-order chi connectivity index (χ0) is 20.3. The largest absolute Gasteiger partial charge is 0.444 e.